The highest BCUT2D eigenvalue weighted by Crippen LogP contribution is 2.29. The molecule has 0 aliphatic carbocycles. The van der Waals surface area contributed by atoms with Crippen molar-refractivity contribution in [3.05, 3.63) is 34.3 Å². The van der Waals surface area contributed by atoms with Gasteiger partial charge in [0.25, 0.3) is 10.0 Å². The summed E-state index contributed by atoms with van der Waals surface area (Å²) in [5.41, 5.74) is 0. The number of thiazole rings is 1. The van der Waals surface area contributed by atoms with Crippen molar-refractivity contribution in [3.63, 3.8) is 0 Å². The Bertz CT molecular complexity index is 934. The molecule has 0 spiro atoms. The molecule has 0 bridgehead atoms. The summed E-state index contributed by atoms with van der Waals surface area (Å²) in [6, 6.07) is 3.53. The van der Waals surface area contributed by atoms with E-state index >= 15 is 0 Å². The number of nitrogens with one attached hydrogen (secondary N) is 1. The molecular weight excluding hydrogens is 380 g/mol. The van der Waals surface area contributed by atoms with Crippen LogP contribution in [0, 0.1) is 0 Å². The number of benzene rings is 1. The number of hydrogen-bond acceptors (Lipinski definition) is 6. The number of rotatable bonds is 5. The SMILES string of the molecule is CC(C)c1cnc(NS(=O)(=O)c2ccc(Cl)c(S(C)(=O)=O)c2)s1. The number of sulfonamides is 1. The molecule has 0 saturated heterocycles. The lowest BCUT2D eigenvalue weighted by atomic mass is 10.2. The second-order valence-corrected chi connectivity index (χ2v) is 10.3. The van der Waals surface area contributed by atoms with Crippen LogP contribution in [0.5, 0.6) is 0 Å². The van der Waals surface area contributed by atoms with Crippen LogP contribution in [0.4, 0.5) is 5.13 Å². The van der Waals surface area contributed by atoms with E-state index in [1.807, 2.05) is 13.8 Å². The van der Waals surface area contributed by atoms with E-state index in [0.29, 0.717) is 0 Å². The molecule has 10 heteroatoms. The van der Waals surface area contributed by atoms with Crippen LogP contribution in [0.15, 0.2) is 34.2 Å². The Labute approximate surface area is 144 Å². The smallest absolute Gasteiger partial charge is 0.255 e. The van der Waals surface area contributed by atoms with Crippen LogP contribution < -0.4 is 4.72 Å². The normalized spacial score (nSPS) is 12.6. The minimum absolute atomic E-state index is 0.0252. The van der Waals surface area contributed by atoms with E-state index in [4.69, 9.17) is 11.6 Å². The average Bonchev–Trinajstić information content (AvgIpc) is 2.85. The lowest BCUT2D eigenvalue weighted by Gasteiger charge is -2.08. The third-order valence-corrected chi connectivity index (χ3v) is 7.18. The topological polar surface area (TPSA) is 93.2 Å². The van der Waals surface area contributed by atoms with Gasteiger partial charge in [-0.05, 0) is 24.1 Å². The van der Waals surface area contributed by atoms with Crippen molar-refractivity contribution in [1.29, 1.82) is 0 Å². The van der Waals surface area contributed by atoms with Gasteiger partial charge in [-0.2, -0.15) is 0 Å². The zero-order valence-corrected chi connectivity index (χ0v) is 15.8. The van der Waals surface area contributed by atoms with E-state index in [1.54, 1.807) is 6.20 Å². The van der Waals surface area contributed by atoms with Crippen molar-refractivity contribution >= 4 is 47.9 Å². The molecule has 0 atom stereocenters. The van der Waals surface area contributed by atoms with Crippen molar-refractivity contribution in [3.8, 4) is 0 Å². The van der Waals surface area contributed by atoms with Crippen LogP contribution in [0.2, 0.25) is 5.02 Å². The molecule has 126 valence electrons. The summed E-state index contributed by atoms with van der Waals surface area (Å²) in [6.07, 6.45) is 2.57. The minimum Gasteiger partial charge on any atom is -0.255 e. The first-order valence-corrected chi connectivity index (χ1v) is 11.1. The first-order valence-electron chi connectivity index (χ1n) is 6.49. The van der Waals surface area contributed by atoms with Gasteiger partial charge in [-0.1, -0.05) is 25.4 Å². The first kappa shape index (κ1) is 18.2. The number of nitrogens with zero attached hydrogens (tertiary/aromatic N) is 1. The molecule has 23 heavy (non-hydrogen) atoms. The number of sulfone groups is 1. The van der Waals surface area contributed by atoms with Crippen LogP contribution in [-0.4, -0.2) is 28.1 Å². The van der Waals surface area contributed by atoms with Crippen LogP contribution >= 0.6 is 22.9 Å². The summed E-state index contributed by atoms with van der Waals surface area (Å²) in [7, 11) is -7.58. The van der Waals surface area contributed by atoms with E-state index in [2.05, 4.69) is 9.71 Å². The Morgan fingerprint density at radius 2 is 1.87 bits per heavy atom. The van der Waals surface area contributed by atoms with Gasteiger partial charge in [0, 0.05) is 17.3 Å². The lowest BCUT2D eigenvalue weighted by molar-refractivity contribution is 0.599. The van der Waals surface area contributed by atoms with Gasteiger partial charge < -0.3 is 0 Å². The molecule has 6 nitrogen and oxygen atoms in total. The van der Waals surface area contributed by atoms with Crippen molar-refractivity contribution < 1.29 is 16.8 Å². The summed E-state index contributed by atoms with van der Waals surface area (Å²) in [5.74, 6) is 0.234. The van der Waals surface area contributed by atoms with Crippen molar-refractivity contribution in [2.75, 3.05) is 11.0 Å². The van der Waals surface area contributed by atoms with Gasteiger partial charge in [0.1, 0.15) is 0 Å². The number of hydrogen-bond donors (Lipinski definition) is 1. The molecule has 1 N–H and O–H groups in total. The third kappa shape index (κ3) is 4.23. The molecular formula is C13H15ClN2O4S3. The highest BCUT2D eigenvalue weighted by molar-refractivity contribution is 7.93. The number of anilines is 1. The minimum atomic E-state index is -3.95. The quantitative estimate of drug-likeness (QED) is 0.840. The first-order chi connectivity index (χ1) is 10.5. The lowest BCUT2D eigenvalue weighted by Crippen LogP contribution is -2.13. The largest absolute Gasteiger partial charge is 0.263 e. The van der Waals surface area contributed by atoms with E-state index in [0.717, 1.165) is 17.2 Å². The molecule has 0 aliphatic rings. The average molecular weight is 395 g/mol. The van der Waals surface area contributed by atoms with Gasteiger partial charge in [-0.15, -0.1) is 11.3 Å². The molecule has 2 aromatic rings. The molecule has 0 amide bonds. The fourth-order valence-corrected chi connectivity index (χ4v) is 5.17. The van der Waals surface area contributed by atoms with Gasteiger partial charge >= 0.3 is 0 Å². The summed E-state index contributed by atoms with van der Waals surface area (Å²) >= 11 is 7.05. The standard InChI is InChI=1S/C13H15ClN2O4S3/c1-8(2)11-7-15-13(21-11)16-23(19,20)9-4-5-10(14)12(6-9)22(3,17)18/h4-8H,1-3H3,(H,15,16). The molecule has 2 rings (SSSR count). The number of aromatic nitrogens is 1. The highest BCUT2D eigenvalue weighted by Gasteiger charge is 2.21. The predicted molar refractivity (Wildman–Crippen MR) is 91.6 cm³/mol. The molecule has 1 aromatic heterocycles. The van der Waals surface area contributed by atoms with Gasteiger partial charge in [0.2, 0.25) is 0 Å². The van der Waals surface area contributed by atoms with E-state index in [-0.39, 0.29) is 25.9 Å². The number of halogens is 1. The Balaban J connectivity index is 2.40. The van der Waals surface area contributed by atoms with Crippen molar-refractivity contribution in [2.24, 2.45) is 0 Å². The maximum Gasteiger partial charge on any atom is 0.263 e. The Hall–Kier alpha value is -1.16. The molecule has 0 unspecified atom stereocenters. The van der Waals surface area contributed by atoms with Crippen LogP contribution in [0.3, 0.4) is 0 Å². The Kier molecular flexibility index (Phi) is 5.05. The van der Waals surface area contributed by atoms with Gasteiger partial charge in [-0.25, -0.2) is 21.8 Å². The fourth-order valence-electron chi connectivity index (χ4n) is 1.71. The highest BCUT2D eigenvalue weighted by atomic mass is 35.5. The Morgan fingerprint density at radius 3 is 2.39 bits per heavy atom. The summed E-state index contributed by atoms with van der Waals surface area (Å²) in [5, 5.41) is 0.201. The molecule has 0 radical (unpaired) electrons. The summed E-state index contributed by atoms with van der Waals surface area (Å²) < 4.78 is 50.4. The van der Waals surface area contributed by atoms with Gasteiger partial charge in [-0.3, -0.25) is 4.72 Å². The van der Waals surface area contributed by atoms with E-state index in [9.17, 15) is 16.8 Å². The van der Waals surface area contributed by atoms with Gasteiger partial charge in [0.05, 0.1) is 14.8 Å². The predicted octanol–water partition coefficient (Wildman–Crippen LogP) is 3.12. The monoisotopic (exact) mass is 394 g/mol. The van der Waals surface area contributed by atoms with Crippen molar-refractivity contribution in [2.45, 2.75) is 29.6 Å². The van der Waals surface area contributed by atoms with Crippen molar-refractivity contribution in [1.82, 2.24) is 4.98 Å². The zero-order chi connectivity index (χ0) is 17.4. The maximum absolute atomic E-state index is 12.4. The van der Waals surface area contributed by atoms with E-state index < -0.39 is 19.9 Å². The molecule has 0 fully saturated rings. The molecule has 1 aromatic carbocycles. The third-order valence-electron chi connectivity index (χ3n) is 2.93. The van der Waals surface area contributed by atoms with Crippen LogP contribution in [-0.2, 0) is 19.9 Å². The molecule has 0 aliphatic heterocycles. The van der Waals surface area contributed by atoms with E-state index in [1.165, 1.54) is 23.5 Å². The Morgan fingerprint density at radius 1 is 1.22 bits per heavy atom. The fraction of sp³-hybridized carbons (Fsp3) is 0.308. The second kappa shape index (κ2) is 6.39. The van der Waals surface area contributed by atoms with Gasteiger partial charge in [0.15, 0.2) is 15.0 Å². The second-order valence-electron chi connectivity index (χ2n) is 5.19. The molecule has 1 heterocycles. The summed E-state index contributed by atoms with van der Waals surface area (Å²) in [6.45, 7) is 3.95. The maximum atomic E-state index is 12.4. The zero-order valence-electron chi connectivity index (χ0n) is 12.6. The summed E-state index contributed by atoms with van der Waals surface area (Å²) in [4.78, 5) is 4.54. The van der Waals surface area contributed by atoms with Crippen LogP contribution in [0.1, 0.15) is 24.6 Å². The molecule has 0 saturated carbocycles. The van der Waals surface area contributed by atoms with Crippen LogP contribution in [0.25, 0.3) is 0 Å².